The van der Waals surface area contributed by atoms with Gasteiger partial charge in [-0.15, -0.1) is 0 Å². The molecule has 0 heterocycles. The molecule has 16 heavy (non-hydrogen) atoms. The first kappa shape index (κ1) is 12.6. The van der Waals surface area contributed by atoms with E-state index in [1.165, 1.54) is 6.08 Å². The van der Waals surface area contributed by atoms with Crippen molar-refractivity contribution in [3.05, 3.63) is 46.6 Å². The number of hydrogen-bond acceptors (Lipinski definition) is 3. The molecule has 0 radical (unpaired) electrons. The minimum atomic E-state index is -0.422. The van der Waals surface area contributed by atoms with Crippen LogP contribution in [0.15, 0.2) is 36.0 Å². The lowest BCUT2D eigenvalue weighted by Crippen LogP contribution is -2.05. The lowest BCUT2D eigenvalue weighted by atomic mass is 10.2. The number of carbonyl (C=O) groups is 1. The van der Waals surface area contributed by atoms with Crippen LogP contribution in [0.1, 0.15) is 18.9 Å². The normalized spacial score (nSPS) is 11.2. The van der Waals surface area contributed by atoms with Gasteiger partial charge in [0.2, 0.25) is 0 Å². The molecule has 1 rings (SSSR count). The van der Waals surface area contributed by atoms with Crippen LogP contribution in [0.25, 0.3) is 0 Å². The number of allylic oxidation sites excluding steroid dienone is 1. The predicted molar refractivity (Wildman–Crippen MR) is 63.8 cm³/mol. The first-order valence-electron chi connectivity index (χ1n) is 4.99. The zero-order chi connectivity index (χ0) is 12.0. The lowest BCUT2D eigenvalue weighted by molar-refractivity contribution is -0.139. The molecule has 1 aromatic rings. The van der Waals surface area contributed by atoms with Gasteiger partial charge < -0.3 is 10.5 Å². The first-order valence-corrected chi connectivity index (χ1v) is 5.37. The summed E-state index contributed by atoms with van der Waals surface area (Å²) in [6.45, 7) is 2.10. The van der Waals surface area contributed by atoms with E-state index in [0.717, 1.165) is 5.56 Å². The highest BCUT2D eigenvalue weighted by molar-refractivity contribution is 6.30. The minimum Gasteiger partial charge on any atom is -0.458 e. The molecule has 0 bridgehead atoms. The largest absolute Gasteiger partial charge is 0.458 e. The maximum atomic E-state index is 11.2. The van der Waals surface area contributed by atoms with E-state index in [0.29, 0.717) is 17.1 Å². The van der Waals surface area contributed by atoms with Crippen LogP contribution in [0.3, 0.4) is 0 Å². The van der Waals surface area contributed by atoms with Crippen molar-refractivity contribution < 1.29 is 9.53 Å². The van der Waals surface area contributed by atoms with E-state index in [1.807, 2.05) is 19.1 Å². The molecule has 4 heteroatoms. The summed E-state index contributed by atoms with van der Waals surface area (Å²) in [4.78, 5) is 11.2. The summed E-state index contributed by atoms with van der Waals surface area (Å²) in [6, 6.07) is 7.12. The topological polar surface area (TPSA) is 52.3 Å². The van der Waals surface area contributed by atoms with Gasteiger partial charge in [-0.25, -0.2) is 4.79 Å². The van der Waals surface area contributed by atoms with Gasteiger partial charge in [-0.2, -0.15) is 0 Å². The summed E-state index contributed by atoms with van der Waals surface area (Å²) >= 11 is 5.73. The van der Waals surface area contributed by atoms with Crippen LogP contribution in [-0.2, 0) is 16.1 Å². The Bertz CT molecular complexity index is 385. The molecular formula is C12H14ClNO2. The van der Waals surface area contributed by atoms with E-state index in [-0.39, 0.29) is 6.61 Å². The Morgan fingerprint density at radius 2 is 2.06 bits per heavy atom. The summed E-state index contributed by atoms with van der Waals surface area (Å²) in [6.07, 6.45) is 1.94. The van der Waals surface area contributed by atoms with Crippen LogP contribution in [0, 0.1) is 0 Å². The molecule has 0 aliphatic heterocycles. The maximum Gasteiger partial charge on any atom is 0.332 e. The van der Waals surface area contributed by atoms with Gasteiger partial charge in [0.15, 0.2) is 0 Å². The molecule has 0 saturated carbocycles. The summed E-state index contributed by atoms with van der Waals surface area (Å²) in [5.41, 5.74) is 6.91. The van der Waals surface area contributed by atoms with Crippen LogP contribution < -0.4 is 5.73 Å². The van der Waals surface area contributed by atoms with Crippen LogP contribution >= 0.6 is 11.6 Å². The van der Waals surface area contributed by atoms with Gasteiger partial charge in [0.05, 0.1) is 0 Å². The summed E-state index contributed by atoms with van der Waals surface area (Å²) in [5, 5.41) is 0.658. The molecule has 3 nitrogen and oxygen atoms in total. The highest BCUT2D eigenvalue weighted by Gasteiger charge is 2.00. The molecule has 0 aliphatic carbocycles. The molecule has 0 aliphatic rings. The molecule has 2 N–H and O–H groups in total. The van der Waals surface area contributed by atoms with Crippen LogP contribution in [0.2, 0.25) is 5.02 Å². The third-order valence-electron chi connectivity index (χ3n) is 2.01. The number of ether oxygens (including phenoxy) is 1. The van der Waals surface area contributed by atoms with Crippen LogP contribution in [0.4, 0.5) is 0 Å². The zero-order valence-electron chi connectivity index (χ0n) is 9.07. The second kappa shape index (κ2) is 6.18. The Morgan fingerprint density at radius 1 is 1.44 bits per heavy atom. The van der Waals surface area contributed by atoms with E-state index in [9.17, 15) is 4.79 Å². The fourth-order valence-electron chi connectivity index (χ4n) is 1.03. The molecular weight excluding hydrogens is 226 g/mol. The van der Waals surface area contributed by atoms with Crippen molar-refractivity contribution in [1.82, 2.24) is 0 Å². The van der Waals surface area contributed by atoms with Gasteiger partial charge in [0.1, 0.15) is 6.61 Å². The number of nitrogens with two attached hydrogens (primary N) is 1. The molecule has 0 aromatic heterocycles. The van der Waals surface area contributed by atoms with Crippen molar-refractivity contribution >= 4 is 17.6 Å². The van der Waals surface area contributed by atoms with Gasteiger partial charge in [-0.05, 0) is 24.1 Å². The fourth-order valence-corrected chi connectivity index (χ4v) is 1.16. The van der Waals surface area contributed by atoms with Gasteiger partial charge in [-0.1, -0.05) is 30.7 Å². The average Bonchev–Trinajstić information content (AvgIpc) is 2.28. The molecule has 1 aromatic carbocycles. The molecule has 0 saturated heterocycles. The standard InChI is InChI=1S/C12H14ClNO2/c1-2-11(14)7-12(15)16-8-9-3-5-10(13)6-4-9/h3-7H,2,8,14H2,1H3. The number of benzene rings is 1. The first-order chi connectivity index (χ1) is 7.61. The molecule has 0 atom stereocenters. The number of esters is 1. The quantitative estimate of drug-likeness (QED) is 0.649. The van der Waals surface area contributed by atoms with E-state index in [4.69, 9.17) is 22.1 Å². The summed E-state index contributed by atoms with van der Waals surface area (Å²) in [5.74, 6) is -0.422. The Labute approximate surface area is 99.8 Å². The second-order valence-corrected chi connectivity index (χ2v) is 3.74. The molecule has 86 valence electrons. The lowest BCUT2D eigenvalue weighted by Gasteiger charge is -2.03. The van der Waals surface area contributed by atoms with Gasteiger partial charge in [0.25, 0.3) is 0 Å². The Morgan fingerprint density at radius 3 is 2.62 bits per heavy atom. The Kier molecular flexibility index (Phi) is 4.86. The van der Waals surface area contributed by atoms with Gasteiger partial charge in [-0.3, -0.25) is 0 Å². The van der Waals surface area contributed by atoms with Crippen LogP contribution in [0.5, 0.6) is 0 Å². The van der Waals surface area contributed by atoms with E-state index in [1.54, 1.807) is 12.1 Å². The zero-order valence-corrected chi connectivity index (χ0v) is 9.83. The van der Waals surface area contributed by atoms with E-state index < -0.39 is 5.97 Å². The van der Waals surface area contributed by atoms with E-state index in [2.05, 4.69) is 0 Å². The molecule has 0 fully saturated rings. The minimum absolute atomic E-state index is 0.226. The van der Waals surface area contributed by atoms with Crippen molar-refractivity contribution in [2.45, 2.75) is 20.0 Å². The van der Waals surface area contributed by atoms with Crippen molar-refractivity contribution in [2.75, 3.05) is 0 Å². The fraction of sp³-hybridized carbons (Fsp3) is 0.250. The van der Waals surface area contributed by atoms with Crippen molar-refractivity contribution in [3.63, 3.8) is 0 Å². The monoisotopic (exact) mass is 239 g/mol. The van der Waals surface area contributed by atoms with Gasteiger partial charge in [0, 0.05) is 16.8 Å². The number of hydrogen-bond donors (Lipinski definition) is 1. The smallest absolute Gasteiger partial charge is 0.332 e. The number of carbonyl (C=O) groups excluding carboxylic acids is 1. The molecule has 0 unspecified atom stereocenters. The van der Waals surface area contributed by atoms with Crippen molar-refractivity contribution in [1.29, 1.82) is 0 Å². The van der Waals surface area contributed by atoms with Gasteiger partial charge >= 0.3 is 5.97 Å². The third-order valence-corrected chi connectivity index (χ3v) is 2.26. The molecule has 0 amide bonds. The summed E-state index contributed by atoms with van der Waals surface area (Å²) in [7, 11) is 0. The maximum absolute atomic E-state index is 11.2. The van der Waals surface area contributed by atoms with Crippen molar-refractivity contribution in [2.24, 2.45) is 5.73 Å². The predicted octanol–water partition coefficient (Wildman–Crippen LogP) is 2.64. The number of halogens is 1. The Balaban J connectivity index is 2.46. The highest BCUT2D eigenvalue weighted by Crippen LogP contribution is 2.10. The highest BCUT2D eigenvalue weighted by atomic mass is 35.5. The average molecular weight is 240 g/mol. The van der Waals surface area contributed by atoms with E-state index >= 15 is 0 Å². The Hall–Kier alpha value is -1.48. The third kappa shape index (κ3) is 4.36. The SMILES string of the molecule is CCC(N)=CC(=O)OCc1ccc(Cl)cc1. The number of rotatable bonds is 4. The second-order valence-electron chi connectivity index (χ2n) is 3.31. The van der Waals surface area contributed by atoms with Crippen LogP contribution in [-0.4, -0.2) is 5.97 Å². The van der Waals surface area contributed by atoms with Crippen molar-refractivity contribution in [3.8, 4) is 0 Å². The summed E-state index contributed by atoms with van der Waals surface area (Å²) < 4.78 is 5.00. The molecule has 0 spiro atoms.